The average molecular weight is 447 g/mol. The van der Waals surface area contributed by atoms with Gasteiger partial charge in [-0.2, -0.15) is 0 Å². The Morgan fingerprint density at radius 2 is 0.781 bits per heavy atom. The van der Waals surface area contributed by atoms with Crippen LogP contribution in [0.1, 0.15) is 11.1 Å². The number of aliphatic imine (C=N–C) groups is 2. The van der Waals surface area contributed by atoms with Crippen molar-refractivity contribution in [2.75, 3.05) is 0 Å². The Morgan fingerprint density at radius 1 is 0.406 bits per heavy atom. The number of benzene rings is 4. The highest BCUT2D eigenvalue weighted by molar-refractivity contribution is 8.08. The molecule has 0 saturated heterocycles. The van der Waals surface area contributed by atoms with Crippen LogP contribution in [0.25, 0.3) is 0 Å². The van der Waals surface area contributed by atoms with Crippen LogP contribution in [0.2, 0.25) is 0 Å². The molecular weight excluding hydrogens is 428 g/mol. The van der Waals surface area contributed by atoms with E-state index in [0.717, 1.165) is 43.7 Å². The first-order valence-corrected chi connectivity index (χ1v) is 12.1. The zero-order valence-electron chi connectivity index (χ0n) is 17.1. The molecule has 32 heavy (non-hydrogen) atoms. The molecule has 2 aliphatic heterocycles. The standard InChI is InChI=1S/C28H18N2S2/c1-3-11-19(12-4-1)25-27(31-23-17-9-7-15-21(23)29-25)28-26(20-13-5-2-6-14-20)30-22-16-8-10-18-24(22)32-28/h1-18H/b28-27+. The summed E-state index contributed by atoms with van der Waals surface area (Å²) in [4.78, 5) is 14.9. The molecule has 0 aromatic heterocycles. The summed E-state index contributed by atoms with van der Waals surface area (Å²) in [6.45, 7) is 0. The molecule has 0 saturated carbocycles. The predicted molar refractivity (Wildman–Crippen MR) is 137 cm³/mol. The minimum atomic E-state index is 1.000. The van der Waals surface area contributed by atoms with Gasteiger partial charge in [0.25, 0.3) is 0 Å². The fourth-order valence-electron chi connectivity index (χ4n) is 3.82. The molecule has 0 bridgehead atoms. The lowest BCUT2D eigenvalue weighted by Gasteiger charge is -2.25. The van der Waals surface area contributed by atoms with Crippen LogP contribution in [-0.4, -0.2) is 11.4 Å². The van der Waals surface area contributed by atoms with Gasteiger partial charge in [0.05, 0.1) is 32.6 Å². The smallest absolute Gasteiger partial charge is 0.0861 e. The SMILES string of the molecule is c1ccc(C2=Nc3ccccc3S/C2=C2/Sc3ccccc3N=C2c2ccccc2)cc1. The highest BCUT2D eigenvalue weighted by atomic mass is 32.2. The molecule has 0 amide bonds. The summed E-state index contributed by atoms with van der Waals surface area (Å²) < 4.78 is 0. The van der Waals surface area contributed by atoms with Crippen LogP contribution in [0, 0.1) is 0 Å². The number of hydrogen-bond acceptors (Lipinski definition) is 4. The molecule has 0 unspecified atom stereocenters. The van der Waals surface area contributed by atoms with Crippen molar-refractivity contribution in [1.82, 2.24) is 0 Å². The first-order valence-electron chi connectivity index (χ1n) is 10.4. The van der Waals surface area contributed by atoms with E-state index in [4.69, 9.17) is 9.98 Å². The molecule has 2 aliphatic rings. The maximum atomic E-state index is 5.13. The maximum absolute atomic E-state index is 5.13. The van der Waals surface area contributed by atoms with Gasteiger partial charge in [-0.15, -0.1) is 0 Å². The zero-order chi connectivity index (χ0) is 21.3. The van der Waals surface area contributed by atoms with Crippen LogP contribution in [-0.2, 0) is 0 Å². The van der Waals surface area contributed by atoms with Gasteiger partial charge in [0.2, 0.25) is 0 Å². The van der Waals surface area contributed by atoms with Crippen molar-refractivity contribution in [1.29, 1.82) is 0 Å². The molecule has 2 nitrogen and oxygen atoms in total. The Bertz CT molecular complexity index is 1290. The summed E-state index contributed by atoms with van der Waals surface area (Å²) in [6.07, 6.45) is 0. The van der Waals surface area contributed by atoms with Gasteiger partial charge in [-0.25, -0.2) is 9.98 Å². The first kappa shape index (κ1) is 19.4. The summed E-state index contributed by atoms with van der Waals surface area (Å²) in [5, 5.41) is 0. The molecule has 0 atom stereocenters. The summed E-state index contributed by atoms with van der Waals surface area (Å²) in [6, 6.07) is 37.6. The number of hydrogen-bond donors (Lipinski definition) is 0. The second kappa shape index (κ2) is 8.30. The van der Waals surface area contributed by atoms with E-state index in [1.807, 2.05) is 24.3 Å². The lowest BCUT2D eigenvalue weighted by Crippen LogP contribution is -2.14. The molecule has 4 aromatic rings. The van der Waals surface area contributed by atoms with E-state index in [9.17, 15) is 0 Å². The molecule has 0 aliphatic carbocycles. The minimum Gasteiger partial charge on any atom is -0.246 e. The Hall–Kier alpha value is -3.34. The van der Waals surface area contributed by atoms with E-state index in [0.29, 0.717) is 0 Å². The van der Waals surface area contributed by atoms with Gasteiger partial charge in [-0.3, -0.25) is 0 Å². The monoisotopic (exact) mass is 446 g/mol. The van der Waals surface area contributed by atoms with Crippen molar-refractivity contribution in [2.45, 2.75) is 9.79 Å². The summed E-state index contributed by atoms with van der Waals surface area (Å²) >= 11 is 3.57. The third-order valence-electron chi connectivity index (χ3n) is 5.35. The third kappa shape index (κ3) is 3.52. The molecule has 6 rings (SSSR count). The van der Waals surface area contributed by atoms with E-state index >= 15 is 0 Å². The molecule has 4 aromatic carbocycles. The van der Waals surface area contributed by atoms with E-state index in [-0.39, 0.29) is 0 Å². The fraction of sp³-hybridized carbons (Fsp3) is 0. The second-order valence-corrected chi connectivity index (χ2v) is 9.56. The van der Waals surface area contributed by atoms with Crippen LogP contribution in [0.15, 0.2) is 139 Å². The third-order valence-corrected chi connectivity index (χ3v) is 7.81. The van der Waals surface area contributed by atoms with E-state index in [1.165, 1.54) is 9.79 Å². The first-order chi connectivity index (χ1) is 15.9. The largest absolute Gasteiger partial charge is 0.246 e. The molecule has 152 valence electrons. The molecular formula is C28H18N2S2. The normalized spacial score (nSPS) is 17.1. The molecule has 4 heteroatoms. The molecule has 0 radical (unpaired) electrons. The van der Waals surface area contributed by atoms with Gasteiger partial charge in [-0.05, 0) is 24.3 Å². The van der Waals surface area contributed by atoms with Crippen LogP contribution in [0.5, 0.6) is 0 Å². The number of thioether (sulfide) groups is 2. The Morgan fingerprint density at radius 3 is 1.22 bits per heavy atom. The quantitative estimate of drug-likeness (QED) is 0.311. The van der Waals surface area contributed by atoms with Crippen molar-refractivity contribution in [3.8, 4) is 0 Å². The number of allylic oxidation sites excluding steroid dienone is 2. The average Bonchev–Trinajstić information content (AvgIpc) is 2.88. The summed E-state index contributed by atoms with van der Waals surface area (Å²) in [5.74, 6) is 0. The van der Waals surface area contributed by atoms with Crippen molar-refractivity contribution < 1.29 is 0 Å². The Kier molecular flexibility index (Phi) is 5.02. The van der Waals surface area contributed by atoms with Gasteiger partial charge in [-0.1, -0.05) is 108 Å². The Balaban J connectivity index is 1.62. The lowest BCUT2D eigenvalue weighted by atomic mass is 10.0. The number of para-hydroxylation sites is 2. The summed E-state index contributed by atoms with van der Waals surface area (Å²) in [7, 11) is 0. The minimum absolute atomic E-state index is 1.000. The summed E-state index contributed by atoms with van der Waals surface area (Å²) in [5.41, 5.74) is 6.26. The van der Waals surface area contributed by atoms with Crippen molar-refractivity contribution in [3.63, 3.8) is 0 Å². The predicted octanol–water partition coefficient (Wildman–Crippen LogP) is 8.05. The maximum Gasteiger partial charge on any atom is 0.0861 e. The number of fused-ring (bicyclic) bond motifs is 2. The molecule has 0 fully saturated rings. The van der Waals surface area contributed by atoms with Crippen LogP contribution < -0.4 is 0 Å². The molecule has 2 heterocycles. The number of rotatable bonds is 2. The van der Waals surface area contributed by atoms with Crippen LogP contribution in [0.4, 0.5) is 11.4 Å². The lowest BCUT2D eigenvalue weighted by molar-refractivity contribution is 1.34. The van der Waals surface area contributed by atoms with Gasteiger partial charge >= 0.3 is 0 Å². The zero-order valence-corrected chi connectivity index (χ0v) is 18.7. The highest BCUT2D eigenvalue weighted by Crippen LogP contribution is 2.49. The highest BCUT2D eigenvalue weighted by Gasteiger charge is 2.29. The van der Waals surface area contributed by atoms with E-state index < -0.39 is 0 Å². The van der Waals surface area contributed by atoms with Gasteiger partial charge in [0.1, 0.15) is 0 Å². The van der Waals surface area contributed by atoms with E-state index in [1.54, 1.807) is 23.5 Å². The van der Waals surface area contributed by atoms with Gasteiger partial charge in [0.15, 0.2) is 0 Å². The van der Waals surface area contributed by atoms with Crippen LogP contribution >= 0.6 is 23.5 Å². The van der Waals surface area contributed by atoms with Crippen molar-refractivity contribution in [2.24, 2.45) is 9.98 Å². The second-order valence-electron chi connectivity index (χ2n) is 7.45. The fourth-order valence-corrected chi connectivity index (χ4v) is 6.14. The van der Waals surface area contributed by atoms with Crippen molar-refractivity contribution >= 4 is 46.3 Å². The van der Waals surface area contributed by atoms with Crippen LogP contribution in [0.3, 0.4) is 0 Å². The molecule has 0 N–H and O–H groups in total. The number of nitrogens with zero attached hydrogens (tertiary/aromatic N) is 2. The van der Waals surface area contributed by atoms with Gasteiger partial charge in [0, 0.05) is 20.9 Å². The van der Waals surface area contributed by atoms with Gasteiger partial charge < -0.3 is 0 Å². The van der Waals surface area contributed by atoms with Crippen molar-refractivity contribution in [3.05, 3.63) is 130 Å². The Labute approximate surface area is 195 Å². The molecule has 0 spiro atoms. The topological polar surface area (TPSA) is 24.7 Å². The van der Waals surface area contributed by atoms with E-state index in [2.05, 4.69) is 84.9 Å².